The molecule has 0 radical (unpaired) electrons. The van der Waals surface area contributed by atoms with Gasteiger partial charge in [-0.25, -0.2) is 0 Å². The smallest absolute Gasteiger partial charge is 0.326 e. The number of likely N-dealkylation sites (N-methyl/N-ethyl adjacent to an activating group) is 1. The lowest BCUT2D eigenvalue weighted by atomic mass is 9.97. The fourth-order valence-electron chi connectivity index (χ4n) is 2.91. The zero-order valence-electron chi connectivity index (χ0n) is 13.9. The van der Waals surface area contributed by atoms with Gasteiger partial charge in [-0.1, -0.05) is 6.92 Å². The van der Waals surface area contributed by atoms with Crippen LogP contribution in [0.3, 0.4) is 0 Å². The molecule has 0 aromatic rings. The van der Waals surface area contributed by atoms with Gasteiger partial charge in [0.15, 0.2) is 0 Å². The van der Waals surface area contributed by atoms with Gasteiger partial charge in [0, 0.05) is 38.8 Å². The predicted molar refractivity (Wildman–Crippen MR) is 84.4 cm³/mol. The largest absolute Gasteiger partial charge is 0.465 e. The molecule has 1 saturated carbocycles. The topological polar surface area (TPSA) is 44.8 Å². The van der Waals surface area contributed by atoms with Crippen LogP contribution in [0.2, 0.25) is 0 Å². The summed E-state index contributed by atoms with van der Waals surface area (Å²) in [5, 5.41) is 3.50. The van der Waals surface area contributed by atoms with Gasteiger partial charge in [-0.2, -0.15) is 0 Å². The SMILES string of the molecule is CCOC(=O)C(C)(CCN1CCN(CC)CC1)NC1CC1. The third-order valence-corrected chi connectivity index (χ3v) is 4.67. The Bertz CT molecular complexity index is 338. The Morgan fingerprint density at radius 1 is 1.19 bits per heavy atom. The fraction of sp³-hybridized carbons (Fsp3) is 0.938. The first kappa shape index (κ1) is 16.7. The van der Waals surface area contributed by atoms with Crippen molar-refractivity contribution in [2.45, 2.75) is 51.6 Å². The maximum Gasteiger partial charge on any atom is 0.326 e. The zero-order valence-corrected chi connectivity index (χ0v) is 13.9. The van der Waals surface area contributed by atoms with Gasteiger partial charge in [0.2, 0.25) is 0 Å². The van der Waals surface area contributed by atoms with Crippen LogP contribution in [0.15, 0.2) is 0 Å². The van der Waals surface area contributed by atoms with E-state index in [9.17, 15) is 4.79 Å². The molecule has 21 heavy (non-hydrogen) atoms. The van der Waals surface area contributed by atoms with Crippen molar-refractivity contribution in [2.75, 3.05) is 45.9 Å². The van der Waals surface area contributed by atoms with Crippen LogP contribution in [0.1, 0.15) is 40.0 Å². The minimum atomic E-state index is -0.529. The third-order valence-electron chi connectivity index (χ3n) is 4.67. The Kier molecular flexibility index (Phi) is 6.02. The Hall–Kier alpha value is -0.650. The number of nitrogens with zero attached hydrogens (tertiary/aromatic N) is 2. The molecule has 0 bridgehead atoms. The van der Waals surface area contributed by atoms with E-state index in [2.05, 4.69) is 22.0 Å². The lowest BCUT2D eigenvalue weighted by Crippen LogP contribution is -2.54. The van der Waals surface area contributed by atoms with Crippen LogP contribution >= 0.6 is 0 Å². The van der Waals surface area contributed by atoms with Gasteiger partial charge in [-0.3, -0.25) is 10.1 Å². The van der Waals surface area contributed by atoms with Crippen LogP contribution in [0.5, 0.6) is 0 Å². The summed E-state index contributed by atoms with van der Waals surface area (Å²) < 4.78 is 5.28. The minimum Gasteiger partial charge on any atom is -0.465 e. The monoisotopic (exact) mass is 297 g/mol. The van der Waals surface area contributed by atoms with Crippen molar-refractivity contribution in [1.82, 2.24) is 15.1 Å². The van der Waals surface area contributed by atoms with Gasteiger partial charge in [-0.05, 0) is 39.7 Å². The minimum absolute atomic E-state index is 0.0934. The number of hydrogen-bond donors (Lipinski definition) is 1. The van der Waals surface area contributed by atoms with Crippen molar-refractivity contribution >= 4 is 5.97 Å². The lowest BCUT2D eigenvalue weighted by Gasteiger charge is -2.36. The molecule has 0 spiro atoms. The number of hydrogen-bond acceptors (Lipinski definition) is 5. The molecule has 2 rings (SSSR count). The first-order valence-electron chi connectivity index (χ1n) is 8.47. The number of piperazine rings is 1. The standard InChI is InChI=1S/C16H31N3O2/c1-4-18-10-12-19(13-11-18)9-8-16(3,15(20)21-5-2)17-14-6-7-14/h14,17H,4-13H2,1-3H3. The summed E-state index contributed by atoms with van der Waals surface area (Å²) in [7, 11) is 0. The van der Waals surface area contributed by atoms with Crippen LogP contribution in [0.25, 0.3) is 0 Å². The Morgan fingerprint density at radius 2 is 1.81 bits per heavy atom. The van der Waals surface area contributed by atoms with E-state index < -0.39 is 5.54 Å². The maximum absolute atomic E-state index is 12.3. The van der Waals surface area contributed by atoms with Crippen LogP contribution in [0.4, 0.5) is 0 Å². The number of nitrogens with one attached hydrogen (secondary N) is 1. The van der Waals surface area contributed by atoms with Gasteiger partial charge < -0.3 is 14.5 Å². The average molecular weight is 297 g/mol. The first-order chi connectivity index (χ1) is 10.1. The van der Waals surface area contributed by atoms with E-state index >= 15 is 0 Å². The van der Waals surface area contributed by atoms with Crippen molar-refractivity contribution in [3.8, 4) is 0 Å². The quantitative estimate of drug-likeness (QED) is 0.680. The summed E-state index contributed by atoms with van der Waals surface area (Å²) >= 11 is 0. The van der Waals surface area contributed by atoms with Gasteiger partial charge in [0.05, 0.1) is 6.61 Å². The summed E-state index contributed by atoms with van der Waals surface area (Å²) in [5.41, 5.74) is -0.529. The van der Waals surface area contributed by atoms with E-state index in [0.29, 0.717) is 12.6 Å². The molecule has 1 unspecified atom stereocenters. The normalized spacial score (nSPS) is 23.8. The van der Waals surface area contributed by atoms with Gasteiger partial charge in [0.1, 0.15) is 5.54 Å². The van der Waals surface area contributed by atoms with E-state index in [0.717, 1.165) is 45.7 Å². The molecule has 2 aliphatic rings. The summed E-state index contributed by atoms with van der Waals surface area (Å²) in [5.74, 6) is -0.0934. The molecule has 0 aromatic heterocycles. The van der Waals surface area contributed by atoms with Gasteiger partial charge >= 0.3 is 5.97 Å². The van der Waals surface area contributed by atoms with Crippen molar-refractivity contribution in [3.05, 3.63) is 0 Å². The molecule has 1 heterocycles. The Labute approximate surface area is 129 Å². The second kappa shape index (κ2) is 7.56. The third kappa shape index (κ3) is 4.94. The van der Waals surface area contributed by atoms with E-state index in [4.69, 9.17) is 4.74 Å². The maximum atomic E-state index is 12.3. The van der Waals surface area contributed by atoms with Crippen molar-refractivity contribution in [3.63, 3.8) is 0 Å². The zero-order chi connectivity index (χ0) is 15.3. The van der Waals surface area contributed by atoms with E-state index in [1.165, 1.54) is 12.8 Å². The number of carbonyl (C=O) groups excluding carboxylic acids is 1. The molecule has 1 aliphatic carbocycles. The highest BCUT2D eigenvalue weighted by Gasteiger charge is 2.39. The molecule has 1 saturated heterocycles. The predicted octanol–water partition coefficient (Wildman–Crippen LogP) is 1.09. The molecule has 1 N–H and O–H groups in total. The highest BCUT2D eigenvalue weighted by molar-refractivity contribution is 5.80. The molecule has 5 heteroatoms. The number of carbonyl (C=O) groups is 1. The van der Waals surface area contributed by atoms with E-state index in [-0.39, 0.29) is 5.97 Å². The first-order valence-corrected chi connectivity index (χ1v) is 8.47. The molecule has 0 amide bonds. The van der Waals surface area contributed by atoms with Crippen LogP contribution < -0.4 is 5.32 Å². The average Bonchev–Trinajstić information content (AvgIpc) is 3.30. The molecule has 5 nitrogen and oxygen atoms in total. The Morgan fingerprint density at radius 3 is 2.33 bits per heavy atom. The summed E-state index contributed by atoms with van der Waals surface area (Å²) in [6, 6.07) is 0.511. The summed E-state index contributed by atoms with van der Waals surface area (Å²) in [6.07, 6.45) is 3.20. The molecular formula is C16H31N3O2. The lowest BCUT2D eigenvalue weighted by molar-refractivity contribution is -0.151. The van der Waals surface area contributed by atoms with Crippen LogP contribution in [-0.4, -0.2) is 73.2 Å². The molecule has 1 aliphatic heterocycles. The van der Waals surface area contributed by atoms with Gasteiger partial charge in [0.25, 0.3) is 0 Å². The number of esters is 1. The van der Waals surface area contributed by atoms with Crippen molar-refractivity contribution in [1.29, 1.82) is 0 Å². The van der Waals surface area contributed by atoms with E-state index in [1.807, 2.05) is 13.8 Å². The Balaban J connectivity index is 1.82. The second-order valence-electron chi connectivity index (χ2n) is 6.50. The summed E-state index contributed by atoms with van der Waals surface area (Å²) in [6.45, 7) is 13.1. The highest BCUT2D eigenvalue weighted by atomic mass is 16.5. The fourth-order valence-corrected chi connectivity index (χ4v) is 2.91. The summed E-state index contributed by atoms with van der Waals surface area (Å²) in [4.78, 5) is 17.2. The van der Waals surface area contributed by atoms with E-state index in [1.54, 1.807) is 0 Å². The molecule has 1 atom stereocenters. The number of rotatable bonds is 8. The molecular weight excluding hydrogens is 266 g/mol. The van der Waals surface area contributed by atoms with Crippen molar-refractivity contribution < 1.29 is 9.53 Å². The molecule has 0 aromatic carbocycles. The molecule has 122 valence electrons. The number of ether oxygens (including phenoxy) is 1. The second-order valence-corrected chi connectivity index (χ2v) is 6.50. The molecule has 2 fully saturated rings. The highest BCUT2D eigenvalue weighted by Crippen LogP contribution is 2.25. The van der Waals surface area contributed by atoms with Gasteiger partial charge in [-0.15, -0.1) is 0 Å². The van der Waals surface area contributed by atoms with Crippen LogP contribution in [0, 0.1) is 0 Å². The van der Waals surface area contributed by atoms with Crippen LogP contribution in [-0.2, 0) is 9.53 Å². The van der Waals surface area contributed by atoms with Crippen molar-refractivity contribution in [2.24, 2.45) is 0 Å².